The molecule has 0 spiro atoms. The first-order chi connectivity index (χ1) is 15.0. The molecule has 4 fully saturated rings. The van der Waals surface area contributed by atoms with Gasteiger partial charge in [0.25, 0.3) is 0 Å². The monoisotopic (exact) mass is 499 g/mol. The Morgan fingerprint density at radius 3 is 1.47 bits per heavy atom. The summed E-state index contributed by atoms with van der Waals surface area (Å²) >= 11 is 0. The molecule has 0 saturated heterocycles. The van der Waals surface area contributed by atoms with Gasteiger partial charge in [-0.1, -0.05) is 80.9 Å². The van der Waals surface area contributed by atoms with Crippen LogP contribution in [0.5, 0.6) is 0 Å². The fourth-order valence-electron chi connectivity index (χ4n) is 7.88. The van der Waals surface area contributed by atoms with Gasteiger partial charge in [0.1, 0.15) is 0 Å². The van der Waals surface area contributed by atoms with Gasteiger partial charge in [-0.25, -0.2) is 0 Å². The fourth-order valence-corrected chi connectivity index (χ4v) is 9.62. The smallest absolute Gasteiger partial charge is 0.0544 e. The summed E-state index contributed by atoms with van der Waals surface area (Å²) in [5.74, 6) is 4.67. The van der Waals surface area contributed by atoms with Gasteiger partial charge in [0.2, 0.25) is 0 Å². The van der Waals surface area contributed by atoms with E-state index in [0.29, 0.717) is 16.7 Å². The van der Waals surface area contributed by atoms with Crippen molar-refractivity contribution in [2.24, 2.45) is 35.5 Å². The van der Waals surface area contributed by atoms with E-state index in [1.54, 1.807) is 0 Å². The predicted molar refractivity (Wildman–Crippen MR) is 127 cm³/mol. The quantitative estimate of drug-likeness (QED) is 0.299. The van der Waals surface area contributed by atoms with Crippen LogP contribution in [0.15, 0.2) is 29.2 Å². The van der Waals surface area contributed by atoms with Crippen LogP contribution < -0.4 is 0 Å². The molecule has 0 aliphatic heterocycles. The number of fused-ring (bicyclic) bond motifs is 2. The molecule has 5 rings (SSSR count). The Morgan fingerprint density at radius 2 is 1.09 bits per heavy atom. The van der Waals surface area contributed by atoms with Gasteiger partial charge in [0.05, 0.1) is 9.84 Å². The first-order valence-corrected chi connectivity index (χ1v) is 14.6. The van der Waals surface area contributed by atoms with Crippen molar-refractivity contribution in [2.45, 2.75) is 102 Å². The third-order valence-corrected chi connectivity index (χ3v) is 11.4. The number of hydrogen-bond donors (Lipinski definition) is 0. The van der Waals surface area contributed by atoms with Crippen LogP contribution in [0, 0.1) is 47.7 Å². The van der Waals surface area contributed by atoms with Gasteiger partial charge in [0, 0.05) is 21.4 Å². The summed E-state index contributed by atoms with van der Waals surface area (Å²) in [6.45, 7) is 2.03. The number of aryl methyl sites for hydroxylation is 1. The molecule has 1 aromatic carbocycles. The van der Waals surface area contributed by atoms with Gasteiger partial charge in [0.15, 0.2) is 0 Å². The summed E-state index contributed by atoms with van der Waals surface area (Å²) in [6, 6.07) is 7.60. The number of sulfone groups is 1. The molecule has 0 radical (unpaired) electrons. The zero-order chi connectivity index (χ0) is 21.4. The minimum atomic E-state index is -3.34. The van der Waals surface area contributed by atoms with Crippen LogP contribution in [0.3, 0.4) is 0 Å². The van der Waals surface area contributed by atoms with Gasteiger partial charge in [-0.05, 0) is 68.4 Å². The Bertz CT molecular complexity index is 787. The summed E-state index contributed by atoms with van der Waals surface area (Å²) in [4.78, 5) is 0.527. The topological polar surface area (TPSA) is 34.1 Å². The molecule has 0 heterocycles. The van der Waals surface area contributed by atoms with Crippen molar-refractivity contribution in [3.8, 4) is 0 Å². The Morgan fingerprint density at radius 1 is 0.719 bits per heavy atom. The van der Waals surface area contributed by atoms with Gasteiger partial charge in [-0.15, -0.1) is 0 Å². The molecular weight excluding hydrogens is 459 g/mol. The average Bonchev–Trinajstić information content (AvgIpc) is 3.36. The minimum absolute atomic E-state index is 0. The molecule has 32 heavy (non-hydrogen) atoms. The third kappa shape index (κ3) is 5.32. The van der Waals surface area contributed by atoms with E-state index in [1.165, 1.54) is 77.0 Å². The molecule has 4 heteroatoms. The number of rotatable bonds is 6. The maximum absolute atomic E-state index is 13.8. The van der Waals surface area contributed by atoms with Crippen molar-refractivity contribution in [3.05, 3.63) is 35.1 Å². The molecule has 4 saturated carbocycles. The van der Waals surface area contributed by atoms with Crippen molar-refractivity contribution < 1.29 is 24.9 Å². The molecular formula is C28H41NiO2S-. The minimum Gasteiger partial charge on any atom is -0.257 e. The molecule has 4 atom stereocenters. The Balaban J connectivity index is 0.00000245. The van der Waals surface area contributed by atoms with Crippen molar-refractivity contribution in [3.63, 3.8) is 0 Å². The van der Waals surface area contributed by atoms with Crippen LogP contribution in [0.2, 0.25) is 0 Å². The molecule has 4 aliphatic rings. The van der Waals surface area contributed by atoms with E-state index in [4.69, 9.17) is 0 Å². The average molecular weight is 500 g/mol. The second-order valence-corrected chi connectivity index (χ2v) is 13.6. The van der Waals surface area contributed by atoms with E-state index in [9.17, 15) is 8.42 Å². The fraction of sp³-hybridized carbons (Fsp3) is 0.750. The Labute approximate surface area is 206 Å². The second kappa shape index (κ2) is 10.5. The molecule has 0 bridgehead atoms. The van der Waals surface area contributed by atoms with Crippen LogP contribution in [-0.4, -0.2) is 8.42 Å². The van der Waals surface area contributed by atoms with Gasteiger partial charge in [-0.2, -0.15) is 18.1 Å². The van der Waals surface area contributed by atoms with Crippen molar-refractivity contribution in [1.29, 1.82) is 0 Å². The SMILES string of the molecule is Cc1ccc(S(=O)(=O)[C-](CC2CC3CCCCC3C2)CC2CC3CCCCC3C2)cc1.[Ni]. The van der Waals surface area contributed by atoms with E-state index in [0.717, 1.165) is 47.3 Å². The maximum Gasteiger partial charge on any atom is 0.0544 e. The number of hydrogen-bond acceptors (Lipinski definition) is 2. The molecule has 182 valence electrons. The summed E-state index contributed by atoms with van der Waals surface area (Å²) in [7, 11) is -3.34. The Hall–Kier alpha value is -0.336. The van der Waals surface area contributed by atoms with Gasteiger partial charge >= 0.3 is 0 Å². The van der Waals surface area contributed by atoms with E-state index < -0.39 is 9.84 Å². The molecule has 4 unspecified atom stereocenters. The molecule has 4 aliphatic carbocycles. The largest absolute Gasteiger partial charge is 0.257 e. The van der Waals surface area contributed by atoms with Crippen molar-refractivity contribution >= 4 is 9.84 Å². The second-order valence-electron chi connectivity index (χ2n) is 11.5. The first kappa shape index (κ1) is 24.8. The van der Waals surface area contributed by atoms with Gasteiger partial charge < -0.3 is 0 Å². The third-order valence-electron chi connectivity index (χ3n) is 9.42. The summed E-state index contributed by atoms with van der Waals surface area (Å²) < 4.78 is 27.6. The van der Waals surface area contributed by atoms with Crippen LogP contribution in [0.25, 0.3) is 0 Å². The number of benzene rings is 1. The van der Waals surface area contributed by atoms with E-state index in [1.807, 2.05) is 31.2 Å². The standard InChI is InChI=1S/C28H41O2S.Ni/c1-20-10-12-27(13-11-20)31(29,30)28(18-21-14-23-6-2-3-7-24(23)15-21)19-22-16-25-8-4-5-9-26(25)17-22;/h10-13,21-26H,2-9,14-19H2,1H3;/q-1;. The van der Waals surface area contributed by atoms with Crippen LogP contribution in [0.4, 0.5) is 0 Å². The first-order valence-electron chi connectivity index (χ1n) is 13.2. The van der Waals surface area contributed by atoms with E-state index in [2.05, 4.69) is 0 Å². The molecule has 2 nitrogen and oxygen atoms in total. The summed E-state index contributed by atoms with van der Waals surface area (Å²) in [5.41, 5.74) is 1.13. The molecule has 0 amide bonds. The predicted octanol–water partition coefficient (Wildman–Crippen LogP) is 7.51. The zero-order valence-electron chi connectivity index (χ0n) is 19.7. The van der Waals surface area contributed by atoms with Gasteiger partial charge in [-0.3, -0.25) is 8.42 Å². The zero-order valence-corrected chi connectivity index (χ0v) is 21.5. The van der Waals surface area contributed by atoms with Crippen LogP contribution in [0.1, 0.15) is 95.5 Å². The van der Waals surface area contributed by atoms with Crippen LogP contribution in [-0.2, 0) is 26.3 Å². The van der Waals surface area contributed by atoms with E-state index in [-0.39, 0.29) is 16.5 Å². The Kier molecular flexibility index (Phi) is 8.14. The van der Waals surface area contributed by atoms with Crippen molar-refractivity contribution in [1.82, 2.24) is 0 Å². The van der Waals surface area contributed by atoms with Crippen LogP contribution >= 0.6 is 0 Å². The summed E-state index contributed by atoms with van der Waals surface area (Å²) in [5, 5.41) is 0.878. The van der Waals surface area contributed by atoms with E-state index >= 15 is 0 Å². The molecule has 1 aromatic rings. The molecule has 0 N–H and O–H groups in total. The summed E-state index contributed by atoms with van der Waals surface area (Å²) in [6.07, 6.45) is 17.8. The van der Waals surface area contributed by atoms with Crippen molar-refractivity contribution in [2.75, 3.05) is 0 Å². The maximum atomic E-state index is 13.8. The normalized spacial score (nSPS) is 34.7. The molecule has 0 aromatic heterocycles.